The molecule has 1 rings (SSSR count). The van der Waals surface area contributed by atoms with E-state index >= 15 is 0 Å². The van der Waals surface area contributed by atoms with Gasteiger partial charge in [0.15, 0.2) is 0 Å². The summed E-state index contributed by atoms with van der Waals surface area (Å²) in [7, 11) is 0. The molecule has 3 N–H and O–H groups in total. The predicted octanol–water partition coefficient (Wildman–Crippen LogP) is 3.24. The van der Waals surface area contributed by atoms with Crippen molar-refractivity contribution in [3.8, 4) is 5.75 Å². The predicted molar refractivity (Wildman–Crippen MR) is 83.1 cm³/mol. The van der Waals surface area contributed by atoms with Crippen molar-refractivity contribution in [2.24, 2.45) is 5.73 Å². The number of ether oxygens (including phenoxy) is 1. The van der Waals surface area contributed by atoms with E-state index in [9.17, 15) is 4.79 Å². The average molecular weight is 278 g/mol. The second kappa shape index (κ2) is 6.75. The molecule has 0 radical (unpaired) electrons. The van der Waals surface area contributed by atoms with Crippen molar-refractivity contribution in [3.63, 3.8) is 0 Å². The highest BCUT2D eigenvalue weighted by atomic mass is 16.5. The maximum Gasteiger partial charge on any atom is 0.244 e. The zero-order valence-electron chi connectivity index (χ0n) is 13.1. The zero-order valence-corrected chi connectivity index (χ0v) is 13.1. The summed E-state index contributed by atoms with van der Waals surface area (Å²) in [4.78, 5) is 12.2. The minimum Gasteiger partial charge on any atom is -0.491 e. The molecule has 0 heterocycles. The van der Waals surface area contributed by atoms with Gasteiger partial charge in [-0.3, -0.25) is 4.79 Å². The van der Waals surface area contributed by atoms with Gasteiger partial charge >= 0.3 is 0 Å². The Morgan fingerprint density at radius 2 is 2.10 bits per heavy atom. The summed E-state index contributed by atoms with van der Waals surface area (Å²) in [5.41, 5.74) is 6.93. The zero-order chi connectivity index (χ0) is 15.3. The van der Waals surface area contributed by atoms with Gasteiger partial charge in [-0.05, 0) is 57.9 Å². The minimum atomic E-state index is -0.839. The molecule has 112 valence electrons. The van der Waals surface area contributed by atoms with Crippen molar-refractivity contribution in [1.29, 1.82) is 0 Å². The van der Waals surface area contributed by atoms with E-state index < -0.39 is 5.54 Å². The van der Waals surface area contributed by atoms with Crippen molar-refractivity contribution in [2.75, 3.05) is 5.32 Å². The Hall–Kier alpha value is -1.55. The molecule has 20 heavy (non-hydrogen) atoms. The first kappa shape index (κ1) is 16.5. The van der Waals surface area contributed by atoms with Gasteiger partial charge in [-0.15, -0.1) is 0 Å². The molecule has 0 fully saturated rings. The van der Waals surface area contributed by atoms with Gasteiger partial charge in [0.25, 0.3) is 0 Å². The first-order valence-electron chi connectivity index (χ1n) is 7.14. The molecule has 0 saturated carbocycles. The number of carbonyl (C=O) groups excluding carboxylic acids is 1. The fourth-order valence-electron chi connectivity index (χ4n) is 2.02. The van der Waals surface area contributed by atoms with Gasteiger partial charge in [0.1, 0.15) is 5.75 Å². The second-order valence-corrected chi connectivity index (χ2v) is 5.76. The van der Waals surface area contributed by atoms with E-state index in [1.807, 2.05) is 45.9 Å². The Kier molecular flexibility index (Phi) is 5.57. The van der Waals surface area contributed by atoms with Crippen LogP contribution in [0.3, 0.4) is 0 Å². The molecule has 0 spiro atoms. The van der Waals surface area contributed by atoms with Crippen LogP contribution in [-0.4, -0.2) is 17.6 Å². The van der Waals surface area contributed by atoms with E-state index in [2.05, 4.69) is 5.32 Å². The normalized spacial score (nSPS) is 13.9. The molecule has 1 aromatic rings. The fourth-order valence-corrected chi connectivity index (χ4v) is 2.02. The molecule has 0 aliphatic rings. The third kappa shape index (κ3) is 4.53. The third-order valence-corrected chi connectivity index (χ3v) is 3.11. The van der Waals surface area contributed by atoms with Crippen LogP contribution in [0.1, 0.15) is 46.1 Å². The first-order chi connectivity index (χ1) is 9.26. The highest BCUT2D eigenvalue weighted by molar-refractivity contribution is 5.98. The van der Waals surface area contributed by atoms with Gasteiger partial charge in [-0.1, -0.05) is 13.3 Å². The van der Waals surface area contributed by atoms with Crippen LogP contribution in [0.25, 0.3) is 0 Å². The van der Waals surface area contributed by atoms with E-state index in [1.165, 1.54) is 0 Å². The van der Waals surface area contributed by atoms with Crippen molar-refractivity contribution in [2.45, 2.75) is 59.1 Å². The summed E-state index contributed by atoms with van der Waals surface area (Å²) >= 11 is 0. The standard InChI is InChI=1S/C16H26N2O2/c1-6-9-16(5,17)15(19)18-14-8-7-13(10-12(14)4)20-11(2)3/h7-8,10-11H,6,9,17H2,1-5H3,(H,18,19). The number of nitrogens with two attached hydrogens (primary N) is 1. The van der Waals surface area contributed by atoms with Crippen molar-refractivity contribution in [1.82, 2.24) is 0 Å². The van der Waals surface area contributed by atoms with Gasteiger partial charge in [-0.25, -0.2) is 0 Å². The molecular weight excluding hydrogens is 252 g/mol. The molecule has 4 nitrogen and oxygen atoms in total. The van der Waals surface area contributed by atoms with E-state index in [1.54, 1.807) is 6.92 Å². The molecule has 1 unspecified atom stereocenters. The summed E-state index contributed by atoms with van der Waals surface area (Å²) < 4.78 is 5.62. The molecular formula is C16H26N2O2. The molecule has 1 aromatic carbocycles. The molecule has 0 saturated heterocycles. The van der Waals surface area contributed by atoms with Gasteiger partial charge in [-0.2, -0.15) is 0 Å². The van der Waals surface area contributed by atoms with Crippen LogP contribution in [-0.2, 0) is 4.79 Å². The number of hydrogen-bond acceptors (Lipinski definition) is 3. The molecule has 0 aliphatic heterocycles. The summed E-state index contributed by atoms with van der Waals surface area (Å²) in [6, 6.07) is 5.63. The highest BCUT2D eigenvalue weighted by Gasteiger charge is 2.27. The van der Waals surface area contributed by atoms with Crippen molar-refractivity contribution < 1.29 is 9.53 Å². The number of carbonyl (C=O) groups is 1. The van der Waals surface area contributed by atoms with Gasteiger partial charge in [0, 0.05) is 5.69 Å². The number of benzene rings is 1. The fraction of sp³-hybridized carbons (Fsp3) is 0.562. The number of anilines is 1. The monoisotopic (exact) mass is 278 g/mol. The summed E-state index contributed by atoms with van der Waals surface area (Å²) in [5.74, 6) is 0.652. The molecule has 1 amide bonds. The lowest BCUT2D eigenvalue weighted by Gasteiger charge is -2.23. The molecule has 4 heteroatoms. The largest absolute Gasteiger partial charge is 0.491 e. The van der Waals surface area contributed by atoms with E-state index in [4.69, 9.17) is 10.5 Å². The summed E-state index contributed by atoms with van der Waals surface area (Å²) in [6.07, 6.45) is 1.67. The van der Waals surface area contributed by atoms with Crippen LogP contribution >= 0.6 is 0 Å². The van der Waals surface area contributed by atoms with Crippen LogP contribution in [0.2, 0.25) is 0 Å². The number of hydrogen-bond donors (Lipinski definition) is 2. The Bertz CT molecular complexity index is 468. The van der Waals surface area contributed by atoms with Crippen LogP contribution in [0, 0.1) is 6.92 Å². The molecule has 0 bridgehead atoms. The number of rotatable bonds is 6. The lowest BCUT2D eigenvalue weighted by atomic mass is 9.96. The van der Waals surface area contributed by atoms with E-state index in [0.29, 0.717) is 6.42 Å². The summed E-state index contributed by atoms with van der Waals surface area (Å²) in [5, 5.41) is 2.90. The van der Waals surface area contributed by atoms with Crippen LogP contribution in [0.4, 0.5) is 5.69 Å². The molecule has 0 aliphatic carbocycles. The Balaban J connectivity index is 2.81. The van der Waals surface area contributed by atoms with Crippen LogP contribution in [0.5, 0.6) is 5.75 Å². The quantitative estimate of drug-likeness (QED) is 0.839. The van der Waals surface area contributed by atoms with Crippen molar-refractivity contribution >= 4 is 11.6 Å². The smallest absolute Gasteiger partial charge is 0.244 e. The maximum atomic E-state index is 12.2. The lowest BCUT2D eigenvalue weighted by Crippen LogP contribution is -2.48. The van der Waals surface area contributed by atoms with Crippen molar-refractivity contribution in [3.05, 3.63) is 23.8 Å². The van der Waals surface area contributed by atoms with Gasteiger partial charge < -0.3 is 15.8 Å². The highest BCUT2D eigenvalue weighted by Crippen LogP contribution is 2.23. The Morgan fingerprint density at radius 3 is 2.60 bits per heavy atom. The second-order valence-electron chi connectivity index (χ2n) is 5.76. The average Bonchev–Trinajstić information content (AvgIpc) is 2.31. The summed E-state index contributed by atoms with van der Waals surface area (Å²) in [6.45, 7) is 9.68. The van der Waals surface area contributed by atoms with Crippen LogP contribution in [0.15, 0.2) is 18.2 Å². The maximum absolute atomic E-state index is 12.2. The number of aryl methyl sites for hydroxylation is 1. The minimum absolute atomic E-state index is 0.131. The molecule has 0 aromatic heterocycles. The molecule has 1 atom stereocenters. The number of amides is 1. The van der Waals surface area contributed by atoms with E-state index in [0.717, 1.165) is 23.4 Å². The van der Waals surface area contributed by atoms with Gasteiger partial charge in [0.05, 0.1) is 11.6 Å². The Labute approximate surface area is 121 Å². The first-order valence-corrected chi connectivity index (χ1v) is 7.14. The van der Waals surface area contributed by atoms with Gasteiger partial charge in [0.2, 0.25) is 5.91 Å². The van der Waals surface area contributed by atoms with Crippen LogP contribution < -0.4 is 15.8 Å². The lowest BCUT2D eigenvalue weighted by molar-refractivity contribution is -0.120. The Morgan fingerprint density at radius 1 is 1.45 bits per heavy atom. The SMILES string of the molecule is CCCC(C)(N)C(=O)Nc1ccc(OC(C)C)cc1C. The third-order valence-electron chi connectivity index (χ3n) is 3.11. The topological polar surface area (TPSA) is 64.4 Å². The number of nitrogens with one attached hydrogen (secondary N) is 1. The van der Waals surface area contributed by atoms with E-state index in [-0.39, 0.29) is 12.0 Å².